The summed E-state index contributed by atoms with van der Waals surface area (Å²) in [4.78, 5) is 15.9. The third kappa shape index (κ3) is 2.70. The van der Waals surface area contributed by atoms with Gasteiger partial charge >= 0.3 is 0 Å². The molecule has 0 saturated carbocycles. The first-order chi connectivity index (χ1) is 11.4. The standard InChI is InChI=1S/C19H14F2N2O.ClH/c1-10-3-4-17-15(5-10)16-9-14(19(24)23(2)18(16)22-17)11-6-12(20)8-13(21)7-11;/h3-9,22H,1-2H3;1H. The highest BCUT2D eigenvalue weighted by Gasteiger charge is 2.14. The Morgan fingerprint density at radius 1 is 0.960 bits per heavy atom. The Bertz CT molecular complexity index is 1160. The smallest absolute Gasteiger partial charge is 0.259 e. The summed E-state index contributed by atoms with van der Waals surface area (Å²) in [7, 11) is 1.64. The maximum absolute atomic E-state index is 13.6. The number of rotatable bonds is 1. The Labute approximate surface area is 148 Å². The molecule has 4 aromatic rings. The summed E-state index contributed by atoms with van der Waals surface area (Å²) in [6.45, 7) is 1.99. The van der Waals surface area contributed by atoms with Gasteiger partial charge in [-0.05, 0) is 42.8 Å². The molecule has 1 N–H and O–H groups in total. The Morgan fingerprint density at radius 2 is 1.64 bits per heavy atom. The van der Waals surface area contributed by atoms with Crippen LogP contribution in [0.15, 0.2) is 47.3 Å². The number of aryl methyl sites for hydroxylation is 2. The largest absolute Gasteiger partial charge is 0.341 e. The van der Waals surface area contributed by atoms with Gasteiger partial charge in [0.2, 0.25) is 0 Å². The molecule has 0 radical (unpaired) electrons. The third-order valence-corrected chi connectivity index (χ3v) is 4.31. The number of H-pyrrole nitrogens is 1. The minimum absolute atomic E-state index is 0. The van der Waals surface area contributed by atoms with Gasteiger partial charge in [-0.2, -0.15) is 0 Å². The van der Waals surface area contributed by atoms with E-state index in [2.05, 4.69) is 4.98 Å². The van der Waals surface area contributed by atoms with E-state index in [0.717, 1.165) is 27.9 Å². The topological polar surface area (TPSA) is 37.8 Å². The molecule has 0 unspecified atom stereocenters. The van der Waals surface area contributed by atoms with Crippen LogP contribution in [0.4, 0.5) is 8.78 Å². The minimum atomic E-state index is -0.707. The van der Waals surface area contributed by atoms with E-state index in [0.29, 0.717) is 5.65 Å². The molecule has 2 heterocycles. The number of fused-ring (bicyclic) bond motifs is 3. The third-order valence-electron chi connectivity index (χ3n) is 4.31. The molecular weight excluding hydrogens is 346 g/mol. The van der Waals surface area contributed by atoms with Crippen molar-refractivity contribution in [3.63, 3.8) is 0 Å². The molecule has 2 aromatic heterocycles. The number of hydrogen-bond acceptors (Lipinski definition) is 1. The van der Waals surface area contributed by atoms with Gasteiger partial charge < -0.3 is 4.98 Å². The van der Waals surface area contributed by atoms with Gasteiger partial charge in [-0.25, -0.2) is 8.78 Å². The average Bonchev–Trinajstić information content (AvgIpc) is 2.88. The average molecular weight is 361 g/mol. The molecule has 0 aliphatic heterocycles. The van der Waals surface area contributed by atoms with Gasteiger partial charge in [0, 0.05) is 35.0 Å². The van der Waals surface area contributed by atoms with Crippen molar-refractivity contribution in [1.82, 2.24) is 9.55 Å². The van der Waals surface area contributed by atoms with Crippen molar-refractivity contribution in [2.75, 3.05) is 0 Å². The quantitative estimate of drug-likeness (QED) is 0.525. The lowest BCUT2D eigenvalue weighted by molar-refractivity contribution is 0.584. The second-order valence-corrected chi connectivity index (χ2v) is 6.02. The number of nitrogens with zero attached hydrogens (tertiary/aromatic N) is 1. The Balaban J connectivity index is 0.00000182. The van der Waals surface area contributed by atoms with E-state index >= 15 is 0 Å². The Morgan fingerprint density at radius 3 is 2.32 bits per heavy atom. The molecule has 0 fully saturated rings. The highest BCUT2D eigenvalue weighted by atomic mass is 35.5. The predicted octanol–water partition coefficient (Wildman–Crippen LogP) is 4.70. The van der Waals surface area contributed by atoms with Crippen LogP contribution in [0.2, 0.25) is 0 Å². The van der Waals surface area contributed by atoms with Crippen molar-refractivity contribution in [2.24, 2.45) is 7.05 Å². The molecule has 0 aliphatic rings. The normalized spacial score (nSPS) is 11.0. The van der Waals surface area contributed by atoms with Crippen molar-refractivity contribution >= 4 is 34.3 Å². The molecule has 3 nitrogen and oxygen atoms in total. The van der Waals surface area contributed by atoms with Gasteiger partial charge in [-0.1, -0.05) is 11.6 Å². The van der Waals surface area contributed by atoms with Crippen molar-refractivity contribution < 1.29 is 8.78 Å². The fourth-order valence-corrected chi connectivity index (χ4v) is 3.13. The number of aromatic amines is 1. The molecular formula is C19H15ClF2N2O. The number of nitrogens with one attached hydrogen (secondary N) is 1. The molecule has 2 aromatic carbocycles. The SMILES string of the molecule is Cc1ccc2[nH]c3c(cc(-c4cc(F)cc(F)c4)c(=O)n3C)c2c1.Cl. The van der Waals surface area contributed by atoms with E-state index in [1.54, 1.807) is 13.1 Å². The van der Waals surface area contributed by atoms with Crippen molar-refractivity contribution in [3.8, 4) is 11.1 Å². The van der Waals surface area contributed by atoms with E-state index in [1.807, 2.05) is 25.1 Å². The number of benzene rings is 2. The van der Waals surface area contributed by atoms with Crippen molar-refractivity contribution in [2.45, 2.75) is 6.92 Å². The van der Waals surface area contributed by atoms with E-state index in [4.69, 9.17) is 0 Å². The Kier molecular flexibility index (Phi) is 4.13. The van der Waals surface area contributed by atoms with Gasteiger partial charge in [0.25, 0.3) is 5.56 Å². The number of halogens is 3. The Hall–Kier alpha value is -2.66. The van der Waals surface area contributed by atoms with Crippen molar-refractivity contribution in [3.05, 3.63) is 70.0 Å². The summed E-state index contributed by atoms with van der Waals surface area (Å²) < 4.78 is 28.6. The molecule has 0 spiro atoms. The lowest BCUT2D eigenvalue weighted by atomic mass is 10.0. The second-order valence-electron chi connectivity index (χ2n) is 6.02. The summed E-state index contributed by atoms with van der Waals surface area (Å²) in [6.07, 6.45) is 0. The summed E-state index contributed by atoms with van der Waals surface area (Å²) >= 11 is 0. The van der Waals surface area contributed by atoms with E-state index in [9.17, 15) is 13.6 Å². The fraction of sp³-hybridized carbons (Fsp3) is 0.105. The zero-order chi connectivity index (χ0) is 17.0. The van der Waals surface area contributed by atoms with Crippen LogP contribution in [0.3, 0.4) is 0 Å². The molecule has 0 aliphatic carbocycles. The van der Waals surface area contributed by atoms with Gasteiger partial charge in [-0.3, -0.25) is 9.36 Å². The highest BCUT2D eigenvalue weighted by Crippen LogP contribution is 2.29. The first-order valence-electron chi connectivity index (χ1n) is 7.52. The van der Waals surface area contributed by atoms with Crippen LogP contribution in [-0.2, 0) is 7.05 Å². The second kappa shape index (κ2) is 6.01. The van der Waals surface area contributed by atoms with Gasteiger partial charge in [0.1, 0.15) is 17.3 Å². The van der Waals surface area contributed by atoms with Crippen LogP contribution in [-0.4, -0.2) is 9.55 Å². The summed E-state index contributed by atoms with van der Waals surface area (Å²) in [5, 5.41) is 1.81. The zero-order valence-electron chi connectivity index (χ0n) is 13.6. The zero-order valence-corrected chi connectivity index (χ0v) is 14.4. The number of hydrogen-bond donors (Lipinski definition) is 1. The maximum Gasteiger partial charge on any atom is 0.259 e. The minimum Gasteiger partial charge on any atom is -0.341 e. The van der Waals surface area contributed by atoms with Crippen LogP contribution in [0.25, 0.3) is 33.1 Å². The summed E-state index contributed by atoms with van der Waals surface area (Å²) in [5.74, 6) is -1.41. The molecule has 0 saturated heterocycles. The molecule has 4 rings (SSSR count). The maximum atomic E-state index is 13.6. The molecule has 6 heteroatoms. The van der Waals surface area contributed by atoms with Crippen LogP contribution in [0, 0.1) is 18.6 Å². The van der Waals surface area contributed by atoms with E-state index in [1.165, 1.54) is 16.7 Å². The number of pyridine rings is 1. The monoisotopic (exact) mass is 360 g/mol. The van der Waals surface area contributed by atoms with Crippen LogP contribution >= 0.6 is 12.4 Å². The lowest BCUT2D eigenvalue weighted by Crippen LogP contribution is -2.19. The first-order valence-corrected chi connectivity index (χ1v) is 7.52. The lowest BCUT2D eigenvalue weighted by Gasteiger charge is -2.07. The first kappa shape index (κ1) is 17.2. The highest BCUT2D eigenvalue weighted by molar-refractivity contribution is 6.07. The van der Waals surface area contributed by atoms with E-state index in [-0.39, 0.29) is 29.1 Å². The molecule has 128 valence electrons. The predicted molar refractivity (Wildman–Crippen MR) is 98.4 cm³/mol. The molecule has 0 bridgehead atoms. The molecule has 0 amide bonds. The van der Waals surface area contributed by atoms with Crippen LogP contribution in [0.5, 0.6) is 0 Å². The number of aromatic nitrogens is 2. The van der Waals surface area contributed by atoms with Crippen LogP contribution < -0.4 is 5.56 Å². The van der Waals surface area contributed by atoms with Gasteiger partial charge in [0.05, 0.1) is 0 Å². The fourth-order valence-electron chi connectivity index (χ4n) is 3.13. The molecule has 25 heavy (non-hydrogen) atoms. The van der Waals surface area contributed by atoms with Crippen LogP contribution in [0.1, 0.15) is 5.56 Å². The summed E-state index contributed by atoms with van der Waals surface area (Å²) in [5.41, 5.74) is 2.88. The van der Waals surface area contributed by atoms with Crippen molar-refractivity contribution in [1.29, 1.82) is 0 Å². The molecule has 0 atom stereocenters. The van der Waals surface area contributed by atoms with E-state index < -0.39 is 11.6 Å². The van der Waals surface area contributed by atoms with Gasteiger partial charge in [-0.15, -0.1) is 12.4 Å². The summed E-state index contributed by atoms with van der Waals surface area (Å²) in [6, 6.07) is 10.8. The van der Waals surface area contributed by atoms with Gasteiger partial charge in [0.15, 0.2) is 0 Å².